The second kappa shape index (κ2) is 5.31. The maximum absolute atomic E-state index is 11.8. The average Bonchev–Trinajstić information content (AvgIpc) is 2.89. The minimum Gasteiger partial charge on any atom is -0.397 e. The Morgan fingerprint density at radius 2 is 1.65 bits per heavy atom. The number of rotatable bonds is 5. The molecule has 0 spiro atoms. The third kappa shape index (κ3) is 2.86. The van der Waals surface area contributed by atoms with Gasteiger partial charge in [-0.1, -0.05) is 12.1 Å². The van der Waals surface area contributed by atoms with Crippen LogP contribution >= 0.6 is 0 Å². The number of furan rings is 1. The van der Waals surface area contributed by atoms with E-state index >= 15 is 0 Å². The van der Waals surface area contributed by atoms with E-state index in [0.29, 0.717) is 5.56 Å². The Labute approximate surface area is 111 Å². The second-order valence-electron chi connectivity index (χ2n) is 3.92. The number of nitrogens with zero attached hydrogens (tertiary/aromatic N) is 2. The molecule has 0 unspecified atom stereocenters. The number of Topliss-reactive ketones (excluding diaryl/α,β-unsaturated/α-hetero) is 1. The number of non-ortho nitro benzene ring substituents is 1. The van der Waals surface area contributed by atoms with Crippen molar-refractivity contribution in [3.63, 3.8) is 0 Å². The number of ketones is 1. The summed E-state index contributed by atoms with van der Waals surface area (Å²) in [5.41, 5.74) is 0.481. The molecule has 1 aromatic heterocycles. The highest BCUT2D eigenvalue weighted by Crippen LogP contribution is 2.18. The van der Waals surface area contributed by atoms with Crippen LogP contribution in [0.15, 0.2) is 40.8 Å². The van der Waals surface area contributed by atoms with Crippen molar-refractivity contribution in [1.29, 1.82) is 0 Å². The quantitative estimate of drug-likeness (QED) is 0.470. The summed E-state index contributed by atoms with van der Waals surface area (Å²) in [6.07, 6.45) is -0.0529. The largest absolute Gasteiger partial charge is 0.433 e. The lowest BCUT2D eigenvalue weighted by atomic mass is 10.1. The molecule has 0 atom stereocenters. The van der Waals surface area contributed by atoms with Gasteiger partial charge < -0.3 is 4.42 Å². The first kappa shape index (κ1) is 13.4. The highest BCUT2D eigenvalue weighted by molar-refractivity contribution is 5.95. The summed E-state index contributed by atoms with van der Waals surface area (Å²) in [4.78, 5) is 31.5. The normalized spacial score (nSPS) is 10.2. The number of benzene rings is 1. The van der Waals surface area contributed by atoms with E-state index in [1.165, 1.54) is 30.3 Å². The van der Waals surface area contributed by atoms with E-state index in [9.17, 15) is 25.0 Å². The summed E-state index contributed by atoms with van der Waals surface area (Å²) < 4.78 is 4.78. The number of carbonyl (C=O) groups is 1. The lowest BCUT2D eigenvalue weighted by Crippen LogP contribution is -2.02. The second-order valence-corrected chi connectivity index (χ2v) is 3.92. The minimum absolute atomic E-state index is 0.0529. The smallest absolute Gasteiger partial charge is 0.397 e. The number of carbonyl (C=O) groups excluding carboxylic acids is 1. The lowest BCUT2D eigenvalue weighted by molar-refractivity contribution is -0.402. The third-order valence-electron chi connectivity index (χ3n) is 2.56. The first-order valence-electron chi connectivity index (χ1n) is 5.48. The molecule has 0 aliphatic carbocycles. The molecule has 8 heteroatoms. The summed E-state index contributed by atoms with van der Waals surface area (Å²) in [5, 5.41) is 20.9. The van der Waals surface area contributed by atoms with Gasteiger partial charge in [0.05, 0.1) is 11.0 Å². The Balaban J connectivity index is 2.10. The van der Waals surface area contributed by atoms with Crippen molar-refractivity contribution < 1.29 is 19.1 Å². The Bertz CT molecular complexity index is 674. The molecule has 0 aliphatic rings. The summed E-state index contributed by atoms with van der Waals surface area (Å²) in [6.45, 7) is 0. The Morgan fingerprint density at radius 1 is 1.00 bits per heavy atom. The highest BCUT2D eigenvalue weighted by atomic mass is 16.6. The van der Waals surface area contributed by atoms with Gasteiger partial charge in [-0.15, -0.1) is 0 Å². The van der Waals surface area contributed by atoms with Crippen LogP contribution in [0.1, 0.15) is 16.1 Å². The van der Waals surface area contributed by atoms with Crippen molar-refractivity contribution >= 4 is 17.4 Å². The van der Waals surface area contributed by atoms with Gasteiger partial charge in [0.15, 0.2) is 5.76 Å². The van der Waals surface area contributed by atoms with Gasteiger partial charge in [-0.05, 0) is 11.6 Å². The predicted octanol–water partition coefficient (Wildman–Crippen LogP) is 2.52. The molecule has 1 aromatic carbocycles. The molecular weight excluding hydrogens is 268 g/mol. The van der Waals surface area contributed by atoms with Gasteiger partial charge >= 0.3 is 5.88 Å². The van der Waals surface area contributed by atoms with Gasteiger partial charge in [-0.2, -0.15) is 0 Å². The summed E-state index contributed by atoms with van der Waals surface area (Å²) in [7, 11) is 0. The van der Waals surface area contributed by atoms with Crippen molar-refractivity contribution in [3.8, 4) is 0 Å². The van der Waals surface area contributed by atoms with Crippen LogP contribution in [0.25, 0.3) is 0 Å². The van der Waals surface area contributed by atoms with E-state index in [-0.39, 0.29) is 17.9 Å². The van der Waals surface area contributed by atoms with Crippen molar-refractivity contribution in [3.05, 3.63) is 68.0 Å². The van der Waals surface area contributed by atoms with Crippen molar-refractivity contribution in [2.45, 2.75) is 6.42 Å². The number of nitro benzene ring substituents is 1. The number of hydrogen-bond acceptors (Lipinski definition) is 6. The fourth-order valence-corrected chi connectivity index (χ4v) is 1.58. The Kier molecular flexibility index (Phi) is 3.56. The molecule has 1 heterocycles. The van der Waals surface area contributed by atoms with E-state index in [2.05, 4.69) is 0 Å². The van der Waals surface area contributed by atoms with Gasteiger partial charge in [0.2, 0.25) is 5.78 Å². The molecule has 2 aromatic rings. The molecule has 0 bridgehead atoms. The molecule has 0 radical (unpaired) electrons. The molecule has 102 valence electrons. The first-order valence-corrected chi connectivity index (χ1v) is 5.48. The standard InChI is InChI=1S/C12H8N2O6/c15-10(11-5-6-12(20-11)14(18)19)7-8-1-3-9(4-2-8)13(16)17/h1-6H,7H2. The zero-order chi connectivity index (χ0) is 14.7. The van der Waals surface area contributed by atoms with Crippen LogP contribution in [0.4, 0.5) is 11.6 Å². The monoisotopic (exact) mass is 276 g/mol. The van der Waals surface area contributed by atoms with E-state index in [4.69, 9.17) is 4.42 Å². The summed E-state index contributed by atoms with van der Waals surface area (Å²) in [5.74, 6) is -1.06. The van der Waals surface area contributed by atoms with Crippen LogP contribution in [0.2, 0.25) is 0 Å². The van der Waals surface area contributed by atoms with Gasteiger partial charge in [0.25, 0.3) is 5.69 Å². The van der Waals surface area contributed by atoms with Crippen molar-refractivity contribution in [2.24, 2.45) is 0 Å². The SMILES string of the molecule is O=C(Cc1ccc([N+](=O)[O-])cc1)c1ccc([N+](=O)[O-])o1. The van der Waals surface area contributed by atoms with E-state index in [1.807, 2.05) is 0 Å². The predicted molar refractivity (Wildman–Crippen MR) is 66.5 cm³/mol. The van der Waals surface area contributed by atoms with Crippen molar-refractivity contribution in [1.82, 2.24) is 0 Å². The molecule has 0 amide bonds. The van der Waals surface area contributed by atoms with Crippen LogP contribution < -0.4 is 0 Å². The van der Waals surface area contributed by atoms with Gasteiger partial charge in [0.1, 0.15) is 4.92 Å². The first-order chi connectivity index (χ1) is 9.47. The minimum atomic E-state index is -0.733. The maximum Gasteiger partial charge on any atom is 0.433 e. The van der Waals surface area contributed by atoms with E-state index in [0.717, 1.165) is 6.07 Å². The molecule has 0 saturated carbocycles. The van der Waals surface area contributed by atoms with E-state index < -0.39 is 21.5 Å². The summed E-state index contributed by atoms with van der Waals surface area (Å²) >= 11 is 0. The molecule has 0 N–H and O–H groups in total. The topological polar surface area (TPSA) is 116 Å². The van der Waals surface area contributed by atoms with Gasteiger partial charge in [-0.25, -0.2) is 0 Å². The van der Waals surface area contributed by atoms with Crippen LogP contribution in [0.5, 0.6) is 0 Å². The Morgan fingerprint density at radius 3 is 2.15 bits per heavy atom. The molecule has 0 aliphatic heterocycles. The van der Waals surface area contributed by atoms with Crippen molar-refractivity contribution in [2.75, 3.05) is 0 Å². The number of hydrogen-bond donors (Lipinski definition) is 0. The highest BCUT2D eigenvalue weighted by Gasteiger charge is 2.17. The fraction of sp³-hybridized carbons (Fsp3) is 0.0833. The van der Waals surface area contributed by atoms with Crippen LogP contribution in [-0.2, 0) is 6.42 Å². The zero-order valence-corrected chi connectivity index (χ0v) is 10.0. The molecule has 20 heavy (non-hydrogen) atoms. The number of nitro groups is 2. The van der Waals surface area contributed by atoms with Gasteiger partial charge in [-0.3, -0.25) is 25.0 Å². The lowest BCUT2D eigenvalue weighted by Gasteiger charge is -1.98. The molecule has 8 nitrogen and oxygen atoms in total. The van der Waals surface area contributed by atoms with Gasteiger partial charge in [0, 0.05) is 18.6 Å². The third-order valence-corrected chi connectivity index (χ3v) is 2.56. The summed E-state index contributed by atoms with van der Waals surface area (Å²) in [6, 6.07) is 7.80. The Hall–Kier alpha value is -3.03. The molecule has 2 rings (SSSR count). The van der Waals surface area contributed by atoms with E-state index in [1.54, 1.807) is 0 Å². The fourth-order valence-electron chi connectivity index (χ4n) is 1.58. The zero-order valence-electron chi connectivity index (χ0n) is 10.0. The maximum atomic E-state index is 11.8. The van der Waals surface area contributed by atoms with Crippen LogP contribution in [0.3, 0.4) is 0 Å². The molecule has 0 saturated heterocycles. The average molecular weight is 276 g/mol. The van der Waals surface area contributed by atoms with Crippen LogP contribution in [0, 0.1) is 20.2 Å². The van der Waals surface area contributed by atoms with Crippen LogP contribution in [-0.4, -0.2) is 15.6 Å². The molecular formula is C12H8N2O6. The molecule has 0 fully saturated rings.